The van der Waals surface area contributed by atoms with Gasteiger partial charge in [0.25, 0.3) is 0 Å². The topological polar surface area (TPSA) is 54.8 Å². The smallest absolute Gasteiger partial charge is 0.222 e. The maximum Gasteiger partial charge on any atom is 0.222 e. The highest BCUT2D eigenvalue weighted by atomic mass is 16.6. The lowest BCUT2D eigenvalue weighted by Gasteiger charge is -2.17. The zero-order chi connectivity index (χ0) is 16.6. The summed E-state index contributed by atoms with van der Waals surface area (Å²) in [6.07, 6.45) is 5.75. The van der Waals surface area contributed by atoms with E-state index in [0.29, 0.717) is 26.0 Å². The largest absolute Gasteiger partial charge is 0.391 e. The van der Waals surface area contributed by atoms with Crippen molar-refractivity contribution < 1.29 is 9.63 Å². The molecule has 0 atom stereocenters. The zero-order valence-electron chi connectivity index (χ0n) is 13.6. The lowest BCUT2D eigenvalue weighted by Crippen LogP contribution is -2.31. The number of hydrogen-bond donors (Lipinski definition) is 0. The van der Waals surface area contributed by atoms with Crippen LogP contribution in [0.1, 0.15) is 24.0 Å². The number of benzene rings is 1. The third kappa shape index (κ3) is 4.65. The molecule has 1 aliphatic rings. The van der Waals surface area contributed by atoms with Crippen LogP contribution in [0, 0.1) is 0 Å². The van der Waals surface area contributed by atoms with Crippen molar-refractivity contribution in [3.8, 4) is 0 Å². The molecule has 3 rings (SSSR count). The Morgan fingerprint density at radius 2 is 2.00 bits per heavy atom. The molecule has 1 aliphatic heterocycles. The molecule has 5 nitrogen and oxygen atoms in total. The average molecular weight is 323 g/mol. The second-order valence-corrected chi connectivity index (χ2v) is 5.87. The van der Waals surface area contributed by atoms with Gasteiger partial charge in [-0.25, -0.2) is 0 Å². The normalized spacial score (nSPS) is 14.9. The molecule has 0 bridgehead atoms. The summed E-state index contributed by atoms with van der Waals surface area (Å²) in [6, 6.07) is 13.8. The molecule has 0 aliphatic carbocycles. The molecule has 1 amide bonds. The molecule has 5 heteroatoms. The number of carbonyl (C=O) groups excluding carboxylic acids is 1. The van der Waals surface area contributed by atoms with Crippen LogP contribution in [0.15, 0.2) is 60.0 Å². The lowest BCUT2D eigenvalue weighted by molar-refractivity contribution is -0.127. The summed E-state index contributed by atoms with van der Waals surface area (Å²) in [4.78, 5) is 23.4. The van der Waals surface area contributed by atoms with Crippen molar-refractivity contribution in [2.75, 3.05) is 13.1 Å². The van der Waals surface area contributed by atoms with Gasteiger partial charge in [0.1, 0.15) is 6.61 Å². The fourth-order valence-electron chi connectivity index (χ4n) is 2.72. The van der Waals surface area contributed by atoms with Crippen LogP contribution in [0.25, 0.3) is 0 Å². The number of hydrogen-bond acceptors (Lipinski definition) is 4. The molecular weight excluding hydrogens is 302 g/mol. The Balaban J connectivity index is 1.66. The van der Waals surface area contributed by atoms with Crippen molar-refractivity contribution >= 4 is 11.6 Å². The molecule has 0 spiro atoms. The first-order chi connectivity index (χ1) is 11.8. The summed E-state index contributed by atoms with van der Waals surface area (Å²) >= 11 is 0. The summed E-state index contributed by atoms with van der Waals surface area (Å²) in [6.45, 7) is 1.73. The molecule has 0 saturated carbocycles. The number of amides is 1. The number of nitrogens with zero attached hydrogens (tertiary/aromatic N) is 3. The summed E-state index contributed by atoms with van der Waals surface area (Å²) < 4.78 is 0. The van der Waals surface area contributed by atoms with Gasteiger partial charge in [-0.15, -0.1) is 0 Å². The first-order valence-corrected chi connectivity index (χ1v) is 8.19. The van der Waals surface area contributed by atoms with Gasteiger partial charge in [0.15, 0.2) is 0 Å². The van der Waals surface area contributed by atoms with E-state index in [0.717, 1.165) is 29.8 Å². The molecule has 1 aromatic heterocycles. The van der Waals surface area contributed by atoms with Crippen molar-refractivity contribution in [3.05, 3.63) is 66.0 Å². The van der Waals surface area contributed by atoms with E-state index >= 15 is 0 Å². The van der Waals surface area contributed by atoms with Crippen molar-refractivity contribution in [2.24, 2.45) is 5.16 Å². The first kappa shape index (κ1) is 16.2. The average Bonchev–Trinajstić information content (AvgIpc) is 3.01. The van der Waals surface area contributed by atoms with E-state index in [1.165, 1.54) is 0 Å². The predicted molar refractivity (Wildman–Crippen MR) is 92.4 cm³/mol. The van der Waals surface area contributed by atoms with Gasteiger partial charge < -0.3 is 9.74 Å². The third-order valence-corrected chi connectivity index (χ3v) is 3.94. The number of oxime groups is 1. The van der Waals surface area contributed by atoms with E-state index in [9.17, 15) is 4.79 Å². The monoisotopic (exact) mass is 323 g/mol. The molecule has 0 N–H and O–H groups in total. The van der Waals surface area contributed by atoms with Gasteiger partial charge in [0, 0.05) is 31.8 Å². The minimum absolute atomic E-state index is 0.192. The molecule has 1 aromatic carbocycles. The van der Waals surface area contributed by atoms with Crippen molar-refractivity contribution in [2.45, 2.75) is 25.9 Å². The molecule has 1 saturated heterocycles. The Kier molecular flexibility index (Phi) is 5.56. The van der Waals surface area contributed by atoms with Crippen LogP contribution in [0.2, 0.25) is 0 Å². The van der Waals surface area contributed by atoms with E-state index < -0.39 is 0 Å². The number of rotatable bonds is 7. The van der Waals surface area contributed by atoms with Crippen LogP contribution < -0.4 is 0 Å². The van der Waals surface area contributed by atoms with Crippen molar-refractivity contribution in [1.82, 2.24) is 9.88 Å². The SMILES string of the molecule is O=C1CCCN1CC(Cc1cccnc1)=NOCc1ccccc1. The second kappa shape index (κ2) is 8.24. The Bertz CT molecular complexity index is 686. The fraction of sp³-hybridized carbons (Fsp3) is 0.316. The van der Waals surface area contributed by atoms with Gasteiger partial charge >= 0.3 is 0 Å². The van der Waals surface area contributed by atoms with Crippen LogP contribution in [0.3, 0.4) is 0 Å². The van der Waals surface area contributed by atoms with Gasteiger partial charge in [-0.1, -0.05) is 41.6 Å². The Morgan fingerprint density at radius 1 is 1.17 bits per heavy atom. The van der Waals surface area contributed by atoms with Gasteiger partial charge in [0.2, 0.25) is 5.91 Å². The minimum atomic E-state index is 0.192. The summed E-state index contributed by atoms with van der Waals surface area (Å²) in [5.74, 6) is 0.192. The fourth-order valence-corrected chi connectivity index (χ4v) is 2.72. The van der Waals surface area contributed by atoms with Crippen LogP contribution >= 0.6 is 0 Å². The molecule has 0 unspecified atom stereocenters. The molecule has 2 heterocycles. The second-order valence-electron chi connectivity index (χ2n) is 5.87. The minimum Gasteiger partial charge on any atom is -0.391 e. The van der Waals surface area contributed by atoms with E-state index in [4.69, 9.17) is 4.84 Å². The third-order valence-electron chi connectivity index (χ3n) is 3.94. The number of pyridine rings is 1. The van der Waals surface area contributed by atoms with Crippen LogP contribution in [0.4, 0.5) is 0 Å². The molecule has 124 valence electrons. The highest BCUT2D eigenvalue weighted by Gasteiger charge is 2.21. The van der Waals surface area contributed by atoms with Gasteiger partial charge in [-0.2, -0.15) is 0 Å². The van der Waals surface area contributed by atoms with Gasteiger partial charge in [-0.05, 0) is 23.6 Å². The van der Waals surface area contributed by atoms with Crippen LogP contribution in [0.5, 0.6) is 0 Å². The first-order valence-electron chi connectivity index (χ1n) is 8.19. The molecule has 2 aromatic rings. The highest BCUT2D eigenvalue weighted by molar-refractivity contribution is 5.91. The van der Waals surface area contributed by atoms with E-state index in [1.807, 2.05) is 53.6 Å². The van der Waals surface area contributed by atoms with Crippen molar-refractivity contribution in [3.63, 3.8) is 0 Å². The maximum absolute atomic E-state index is 11.9. The highest BCUT2D eigenvalue weighted by Crippen LogP contribution is 2.11. The van der Waals surface area contributed by atoms with E-state index in [-0.39, 0.29) is 5.91 Å². The molecule has 0 radical (unpaired) electrons. The standard InChI is InChI=1S/C19H21N3O2/c23-19-9-5-11-22(19)14-18(12-17-8-4-10-20-13-17)21-24-15-16-6-2-1-3-7-16/h1-4,6-8,10,13H,5,9,11-12,14-15H2. The van der Waals surface area contributed by atoms with Crippen molar-refractivity contribution in [1.29, 1.82) is 0 Å². The zero-order valence-corrected chi connectivity index (χ0v) is 13.6. The van der Waals surface area contributed by atoms with Crippen LogP contribution in [-0.4, -0.2) is 34.6 Å². The van der Waals surface area contributed by atoms with Gasteiger partial charge in [0.05, 0.1) is 12.3 Å². The number of likely N-dealkylation sites (tertiary alicyclic amines) is 1. The lowest BCUT2D eigenvalue weighted by atomic mass is 10.1. The number of carbonyl (C=O) groups is 1. The Morgan fingerprint density at radius 3 is 2.71 bits per heavy atom. The summed E-state index contributed by atoms with van der Waals surface area (Å²) in [5.41, 5.74) is 2.97. The predicted octanol–water partition coefficient (Wildman–Crippen LogP) is 2.82. The molecule has 24 heavy (non-hydrogen) atoms. The van der Waals surface area contributed by atoms with Crippen LogP contribution in [-0.2, 0) is 22.7 Å². The molecule has 1 fully saturated rings. The van der Waals surface area contributed by atoms with Gasteiger partial charge in [-0.3, -0.25) is 9.78 Å². The maximum atomic E-state index is 11.9. The van der Waals surface area contributed by atoms with E-state index in [2.05, 4.69) is 10.1 Å². The Labute approximate surface area is 142 Å². The quantitative estimate of drug-likeness (QED) is 0.581. The Hall–Kier alpha value is -2.69. The summed E-state index contributed by atoms with van der Waals surface area (Å²) in [7, 11) is 0. The number of aromatic nitrogens is 1. The van der Waals surface area contributed by atoms with E-state index in [1.54, 1.807) is 6.20 Å². The molecular formula is C19H21N3O2. The summed E-state index contributed by atoms with van der Waals surface area (Å²) in [5, 5.41) is 4.31.